The SMILES string of the molecule is CC(CCC(=O)O)c1ccc(-c2ccccc2)c(Cl)c1. The molecule has 0 spiro atoms. The van der Waals surface area contributed by atoms with Crippen LogP contribution in [0.15, 0.2) is 48.5 Å². The van der Waals surface area contributed by atoms with E-state index in [9.17, 15) is 4.79 Å². The maximum Gasteiger partial charge on any atom is 0.303 e. The van der Waals surface area contributed by atoms with Crippen molar-refractivity contribution in [2.75, 3.05) is 0 Å². The molecule has 2 aromatic carbocycles. The van der Waals surface area contributed by atoms with E-state index in [4.69, 9.17) is 16.7 Å². The highest BCUT2D eigenvalue weighted by molar-refractivity contribution is 6.33. The number of rotatable bonds is 5. The van der Waals surface area contributed by atoms with Crippen LogP contribution in [0.2, 0.25) is 5.02 Å². The molecule has 0 amide bonds. The Balaban J connectivity index is 2.20. The minimum absolute atomic E-state index is 0.180. The predicted octanol–water partition coefficient (Wildman–Crippen LogP) is 4.98. The number of hydrogen-bond donors (Lipinski definition) is 1. The van der Waals surface area contributed by atoms with Gasteiger partial charge in [0.15, 0.2) is 0 Å². The fraction of sp³-hybridized carbons (Fsp3) is 0.235. The van der Waals surface area contributed by atoms with Crippen LogP contribution in [0.4, 0.5) is 0 Å². The van der Waals surface area contributed by atoms with Crippen LogP contribution in [-0.4, -0.2) is 11.1 Å². The van der Waals surface area contributed by atoms with Crippen molar-refractivity contribution in [3.8, 4) is 11.1 Å². The van der Waals surface area contributed by atoms with Crippen LogP contribution < -0.4 is 0 Å². The molecule has 0 bridgehead atoms. The first-order valence-corrected chi connectivity index (χ1v) is 7.02. The summed E-state index contributed by atoms with van der Waals surface area (Å²) >= 11 is 6.35. The highest BCUT2D eigenvalue weighted by atomic mass is 35.5. The normalized spacial score (nSPS) is 12.1. The van der Waals surface area contributed by atoms with E-state index in [2.05, 4.69) is 0 Å². The Kier molecular flexibility index (Phi) is 4.80. The summed E-state index contributed by atoms with van der Waals surface area (Å²) in [6.45, 7) is 2.02. The Morgan fingerprint density at radius 1 is 1.20 bits per heavy atom. The van der Waals surface area contributed by atoms with Crippen LogP contribution in [0.1, 0.15) is 31.2 Å². The Hall–Kier alpha value is -1.80. The number of carboxylic acids is 1. The van der Waals surface area contributed by atoms with Gasteiger partial charge in [-0.3, -0.25) is 4.79 Å². The van der Waals surface area contributed by atoms with Gasteiger partial charge in [0.2, 0.25) is 0 Å². The number of benzene rings is 2. The van der Waals surface area contributed by atoms with Gasteiger partial charge >= 0.3 is 5.97 Å². The summed E-state index contributed by atoms with van der Waals surface area (Å²) in [6.07, 6.45) is 0.801. The fourth-order valence-electron chi connectivity index (χ4n) is 2.20. The maximum absolute atomic E-state index is 10.6. The zero-order valence-electron chi connectivity index (χ0n) is 11.3. The van der Waals surface area contributed by atoms with Gasteiger partial charge in [0.05, 0.1) is 0 Å². The molecular formula is C17H17ClO2. The predicted molar refractivity (Wildman–Crippen MR) is 82.2 cm³/mol. The largest absolute Gasteiger partial charge is 0.481 e. The summed E-state index contributed by atoms with van der Waals surface area (Å²) in [7, 11) is 0. The molecule has 1 atom stereocenters. The molecule has 1 unspecified atom stereocenters. The molecule has 0 saturated heterocycles. The average Bonchev–Trinajstić information content (AvgIpc) is 2.45. The molecule has 104 valence electrons. The smallest absolute Gasteiger partial charge is 0.303 e. The molecule has 2 rings (SSSR count). The molecule has 0 aliphatic rings. The minimum Gasteiger partial charge on any atom is -0.481 e. The first kappa shape index (κ1) is 14.6. The van der Waals surface area contributed by atoms with Crippen LogP contribution in [0.3, 0.4) is 0 Å². The maximum atomic E-state index is 10.6. The van der Waals surface area contributed by atoms with E-state index in [1.807, 2.05) is 55.5 Å². The van der Waals surface area contributed by atoms with E-state index in [1.165, 1.54) is 0 Å². The summed E-state index contributed by atoms with van der Waals surface area (Å²) in [5.74, 6) is -0.572. The van der Waals surface area contributed by atoms with E-state index in [0.29, 0.717) is 11.4 Å². The zero-order chi connectivity index (χ0) is 14.5. The quantitative estimate of drug-likeness (QED) is 0.843. The average molecular weight is 289 g/mol. The molecule has 20 heavy (non-hydrogen) atoms. The van der Waals surface area contributed by atoms with E-state index in [1.54, 1.807) is 0 Å². The lowest BCUT2D eigenvalue weighted by Gasteiger charge is -2.13. The second kappa shape index (κ2) is 6.58. The highest BCUT2D eigenvalue weighted by Crippen LogP contribution is 2.31. The Morgan fingerprint density at radius 2 is 1.90 bits per heavy atom. The van der Waals surface area contributed by atoms with Gasteiger partial charge in [0, 0.05) is 17.0 Å². The van der Waals surface area contributed by atoms with Gasteiger partial charge in [-0.25, -0.2) is 0 Å². The van der Waals surface area contributed by atoms with Gasteiger partial charge in [-0.1, -0.05) is 61.0 Å². The van der Waals surface area contributed by atoms with Crippen molar-refractivity contribution in [3.05, 3.63) is 59.1 Å². The number of hydrogen-bond acceptors (Lipinski definition) is 1. The first-order valence-electron chi connectivity index (χ1n) is 6.64. The van der Waals surface area contributed by atoms with Crippen LogP contribution in [-0.2, 0) is 4.79 Å². The van der Waals surface area contributed by atoms with Gasteiger partial charge in [-0.15, -0.1) is 0 Å². The summed E-state index contributed by atoms with van der Waals surface area (Å²) in [4.78, 5) is 10.6. The molecule has 0 aromatic heterocycles. The Bertz CT molecular complexity index is 593. The number of halogens is 1. The first-order chi connectivity index (χ1) is 9.58. The van der Waals surface area contributed by atoms with Crippen molar-refractivity contribution < 1.29 is 9.90 Å². The van der Waals surface area contributed by atoms with Crippen molar-refractivity contribution in [2.24, 2.45) is 0 Å². The molecule has 0 heterocycles. The molecular weight excluding hydrogens is 272 g/mol. The minimum atomic E-state index is -0.760. The Labute approximate surface area is 124 Å². The van der Waals surface area contributed by atoms with Crippen molar-refractivity contribution in [1.29, 1.82) is 0 Å². The second-order valence-electron chi connectivity index (χ2n) is 4.94. The highest BCUT2D eigenvalue weighted by Gasteiger charge is 2.11. The molecule has 0 fully saturated rings. The third-order valence-electron chi connectivity index (χ3n) is 3.44. The fourth-order valence-corrected chi connectivity index (χ4v) is 2.49. The van der Waals surface area contributed by atoms with Gasteiger partial charge in [-0.05, 0) is 29.5 Å². The van der Waals surface area contributed by atoms with E-state index in [0.717, 1.165) is 16.7 Å². The topological polar surface area (TPSA) is 37.3 Å². The zero-order valence-corrected chi connectivity index (χ0v) is 12.1. The molecule has 3 heteroatoms. The van der Waals surface area contributed by atoms with Crippen molar-refractivity contribution in [1.82, 2.24) is 0 Å². The summed E-state index contributed by atoms with van der Waals surface area (Å²) in [5.41, 5.74) is 3.17. The molecule has 0 radical (unpaired) electrons. The summed E-state index contributed by atoms with van der Waals surface area (Å²) < 4.78 is 0. The lowest BCUT2D eigenvalue weighted by molar-refractivity contribution is -0.137. The molecule has 2 aromatic rings. The van der Waals surface area contributed by atoms with Crippen molar-refractivity contribution >= 4 is 17.6 Å². The molecule has 0 aliphatic heterocycles. The monoisotopic (exact) mass is 288 g/mol. The molecule has 2 nitrogen and oxygen atoms in total. The number of carboxylic acid groups (broad SMARTS) is 1. The Morgan fingerprint density at radius 3 is 2.50 bits per heavy atom. The van der Waals surface area contributed by atoms with Crippen molar-refractivity contribution in [2.45, 2.75) is 25.7 Å². The standard InChI is InChI=1S/C17H17ClO2/c1-12(7-10-17(19)20)14-8-9-15(16(18)11-14)13-5-3-2-4-6-13/h2-6,8-9,11-12H,7,10H2,1H3,(H,19,20). The van der Waals surface area contributed by atoms with Gasteiger partial charge < -0.3 is 5.11 Å². The lowest BCUT2D eigenvalue weighted by atomic mass is 9.94. The summed E-state index contributed by atoms with van der Waals surface area (Å²) in [6, 6.07) is 16.0. The molecule has 1 N–H and O–H groups in total. The van der Waals surface area contributed by atoms with E-state index < -0.39 is 5.97 Å². The van der Waals surface area contributed by atoms with Gasteiger partial charge in [0.25, 0.3) is 0 Å². The number of aliphatic carboxylic acids is 1. The van der Waals surface area contributed by atoms with Crippen LogP contribution in [0.25, 0.3) is 11.1 Å². The van der Waals surface area contributed by atoms with Crippen LogP contribution in [0, 0.1) is 0 Å². The van der Waals surface area contributed by atoms with Gasteiger partial charge in [0.1, 0.15) is 0 Å². The van der Waals surface area contributed by atoms with E-state index in [-0.39, 0.29) is 12.3 Å². The van der Waals surface area contributed by atoms with E-state index >= 15 is 0 Å². The second-order valence-corrected chi connectivity index (χ2v) is 5.35. The van der Waals surface area contributed by atoms with Crippen LogP contribution in [0.5, 0.6) is 0 Å². The molecule has 0 aliphatic carbocycles. The van der Waals surface area contributed by atoms with Crippen LogP contribution >= 0.6 is 11.6 Å². The van der Waals surface area contributed by atoms with Crippen molar-refractivity contribution in [3.63, 3.8) is 0 Å². The lowest BCUT2D eigenvalue weighted by Crippen LogP contribution is -2.00. The third-order valence-corrected chi connectivity index (χ3v) is 3.75. The number of carbonyl (C=O) groups is 1. The summed E-state index contributed by atoms with van der Waals surface area (Å²) in [5, 5.41) is 9.44. The van der Waals surface area contributed by atoms with Gasteiger partial charge in [-0.2, -0.15) is 0 Å². The molecule has 0 saturated carbocycles. The third kappa shape index (κ3) is 3.61.